The summed E-state index contributed by atoms with van der Waals surface area (Å²) in [7, 11) is 0. The van der Waals surface area contributed by atoms with Crippen LogP contribution in [0, 0.1) is 5.41 Å². The molecule has 0 aliphatic carbocycles. The van der Waals surface area contributed by atoms with Crippen LogP contribution in [-0.2, 0) is 16.1 Å². The number of hydrogen-bond acceptors (Lipinski definition) is 3. The number of nitrogens with two attached hydrogens (primary N) is 1. The van der Waals surface area contributed by atoms with Crippen LogP contribution in [0.3, 0.4) is 0 Å². The van der Waals surface area contributed by atoms with E-state index in [-0.39, 0.29) is 17.2 Å². The summed E-state index contributed by atoms with van der Waals surface area (Å²) in [6.07, 6.45) is 0.815. The first-order valence-corrected chi connectivity index (χ1v) is 6.95. The molecule has 1 saturated heterocycles. The molecule has 0 bridgehead atoms. The highest BCUT2D eigenvalue weighted by Crippen LogP contribution is 2.32. The normalized spacial score (nSPS) is 18.8. The van der Waals surface area contributed by atoms with E-state index in [0.29, 0.717) is 25.1 Å². The number of nitrogens with zero attached hydrogens (tertiary/aromatic N) is 1. The third kappa shape index (κ3) is 3.15. The standard InChI is InChI=1S/C14H17BrN2O2/c1-14(2)6-12(18)17(13(19)7-14)8-9-3-4-10(15)11(16)5-9/h3-5H,6-8,16H2,1-2H3. The van der Waals surface area contributed by atoms with Crippen LogP contribution >= 0.6 is 15.9 Å². The summed E-state index contributed by atoms with van der Waals surface area (Å²) in [6, 6.07) is 5.47. The molecule has 1 aromatic carbocycles. The van der Waals surface area contributed by atoms with Crippen molar-refractivity contribution in [3.8, 4) is 0 Å². The van der Waals surface area contributed by atoms with Gasteiger partial charge in [-0.15, -0.1) is 0 Å². The lowest BCUT2D eigenvalue weighted by Crippen LogP contribution is -2.45. The van der Waals surface area contributed by atoms with E-state index in [1.54, 1.807) is 6.07 Å². The number of imide groups is 1. The van der Waals surface area contributed by atoms with Crippen LogP contribution in [0.15, 0.2) is 22.7 Å². The fourth-order valence-electron chi connectivity index (χ4n) is 2.26. The maximum Gasteiger partial charge on any atom is 0.230 e. The largest absolute Gasteiger partial charge is 0.398 e. The van der Waals surface area contributed by atoms with Crippen LogP contribution in [0.2, 0.25) is 0 Å². The fourth-order valence-corrected chi connectivity index (χ4v) is 2.51. The van der Waals surface area contributed by atoms with Crippen LogP contribution in [0.1, 0.15) is 32.3 Å². The van der Waals surface area contributed by atoms with Gasteiger partial charge in [-0.25, -0.2) is 0 Å². The van der Waals surface area contributed by atoms with Gasteiger partial charge in [-0.3, -0.25) is 14.5 Å². The average Bonchev–Trinajstić information content (AvgIpc) is 2.27. The van der Waals surface area contributed by atoms with E-state index in [9.17, 15) is 9.59 Å². The number of benzene rings is 1. The van der Waals surface area contributed by atoms with Crippen LogP contribution < -0.4 is 5.73 Å². The zero-order valence-electron chi connectivity index (χ0n) is 11.1. The number of hydrogen-bond donors (Lipinski definition) is 1. The van der Waals surface area contributed by atoms with Gasteiger partial charge < -0.3 is 5.73 Å². The molecule has 0 atom stereocenters. The molecule has 4 nitrogen and oxygen atoms in total. The fraction of sp³-hybridized carbons (Fsp3) is 0.429. The van der Waals surface area contributed by atoms with E-state index >= 15 is 0 Å². The highest BCUT2D eigenvalue weighted by molar-refractivity contribution is 9.10. The van der Waals surface area contributed by atoms with E-state index in [4.69, 9.17) is 5.73 Å². The lowest BCUT2D eigenvalue weighted by atomic mass is 9.81. The number of nitrogen functional groups attached to an aromatic ring is 1. The molecule has 1 fully saturated rings. The summed E-state index contributed by atoms with van der Waals surface area (Å²) in [5.41, 5.74) is 7.04. The second-order valence-corrected chi connectivity index (χ2v) is 6.60. The molecule has 0 radical (unpaired) electrons. The van der Waals surface area contributed by atoms with E-state index in [1.165, 1.54) is 4.90 Å². The van der Waals surface area contributed by atoms with Gasteiger partial charge in [-0.1, -0.05) is 19.9 Å². The summed E-state index contributed by atoms with van der Waals surface area (Å²) < 4.78 is 0.814. The number of likely N-dealkylation sites (tertiary alicyclic amines) is 1. The van der Waals surface area contributed by atoms with Crippen molar-refractivity contribution >= 4 is 33.4 Å². The Bertz CT molecular complexity index is 520. The highest BCUT2D eigenvalue weighted by atomic mass is 79.9. The number of rotatable bonds is 2. The Labute approximate surface area is 121 Å². The quantitative estimate of drug-likeness (QED) is 0.672. The topological polar surface area (TPSA) is 63.4 Å². The highest BCUT2D eigenvalue weighted by Gasteiger charge is 2.37. The van der Waals surface area contributed by atoms with Crippen LogP contribution in [0.4, 0.5) is 5.69 Å². The summed E-state index contributed by atoms with van der Waals surface area (Å²) in [5, 5.41) is 0. The van der Waals surface area contributed by atoms with Gasteiger partial charge in [-0.05, 0) is 39.0 Å². The molecule has 102 valence electrons. The minimum Gasteiger partial charge on any atom is -0.398 e. The number of piperidine rings is 1. The average molecular weight is 325 g/mol. The Balaban J connectivity index is 2.16. The summed E-state index contributed by atoms with van der Waals surface area (Å²) in [5.74, 6) is -0.217. The Hall–Kier alpha value is -1.36. The molecular weight excluding hydrogens is 308 g/mol. The van der Waals surface area contributed by atoms with E-state index in [1.807, 2.05) is 26.0 Å². The van der Waals surface area contributed by atoms with Gasteiger partial charge in [0.2, 0.25) is 11.8 Å². The molecule has 1 heterocycles. The predicted molar refractivity (Wildman–Crippen MR) is 77.1 cm³/mol. The maximum absolute atomic E-state index is 12.0. The minimum atomic E-state index is -0.233. The van der Waals surface area contributed by atoms with Gasteiger partial charge in [0.05, 0.1) is 6.54 Å². The van der Waals surface area contributed by atoms with E-state index < -0.39 is 0 Å². The Morgan fingerprint density at radius 2 is 1.84 bits per heavy atom. The molecule has 1 aromatic rings. The van der Waals surface area contributed by atoms with Crippen LogP contribution in [-0.4, -0.2) is 16.7 Å². The van der Waals surface area contributed by atoms with Gasteiger partial charge in [0.1, 0.15) is 0 Å². The molecule has 2 rings (SSSR count). The van der Waals surface area contributed by atoms with Crippen LogP contribution in [0.5, 0.6) is 0 Å². The number of amides is 2. The van der Waals surface area contributed by atoms with Gasteiger partial charge in [0, 0.05) is 23.0 Å². The number of anilines is 1. The first-order valence-electron chi connectivity index (χ1n) is 6.16. The van der Waals surface area contributed by atoms with Gasteiger partial charge in [-0.2, -0.15) is 0 Å². The molecule has 2 N–H and O–H groups in total. The molecule has 19 heavy (non-hydrogen) atoms. The van der Waals surface area contributed by atoms with Crippen molar-refractivity contribution in [2.75, 3.05) is 5.73 Å². The molecular formula is C14H17BrN2O2. The third-order valence-corrected chi connectivity index (χ3v) is 3.98. The van der Waals surface area contributed by atoms with Crippen molar-refractivity contribution in [1.82, 2.24) is 4.90 Å². The summed E-state index contributed by atoms with van der Waals surface area (Å²) >= 11 is 3.32. The first kappa shape index (κ1) is 14.1. The SMILES string of the molecule is CC1(C)CC(=O)N(Cc2ccc(Br)c(N)c2)C(=O)C1. The van der Waals surface area contributed by atoms with Gasteiger partial charge >= 0.3 is 0 Å². The second kappa shape index (κ2) is 4.96. The van der Waals surface area contributed by atoms with Gasteiger partial charge in [0.25, 0.3) is 0 Å². The van der Waals surface area contributed by atoms with Crippen molar-refractivity contribution in [2.45, 2.75) is 33.2 Å². The van der Waals surface area contributed by atoms with Crippen LogP contribution in [0.25, 0.3) is 0 Å². The Morgan fingerprint density at radius 1 is 1.26 bits per heavy atom. The zero-order valence-corrected chi connectivity index (χ0v) is 12.7. The Kier molecular flexibility index (Phi) is 3.67. The predicted octanol–water partition coefficient (Wildman–Crippen LogP) is 2.71. The summed E-state index contributed by atoms with van der Waals surface area (Å²) in [6.45, 7) is 4.18. The van der Waals surface area contributed by atoms with Gasteiger partial charge in [0.15, 0.2) is 0 Å². The first-order chi connectivity index (χ1) is 8.78. The van der Waals surface area contributed by atoms with Crippen molar-refractivity contribution in [1.29, 1.82) is 0 Å². The van der Waals surface area contributed by atoms with E-state index in [2.05, 4.69) is 15.9 Å². The number of carbonyl (C=O) groups is 2. The lowest BCUT2D eigenvalue weighted by Gasteiger charge is -2.34. The monoisotopic (exact) mass is 324 g/mol. The van der Waals surface area contributed by atoms with Crippen molar-refractivity contribution in [2.24, 2.45) is 5.41 Å². The molecule has 0 aromatic heterocycles. The maximum atomic E-state index is 12.0. The number of carbonyl (C=O) groups excluding carboxylic acids is 2. The summed E-state index contributed by atoms with van der Waals surface area (Å²) in [4.78, 5) is 25.4. The number of halogens is 1. The smallest absolute Gasteiger partial charge is 0.230 e. The Morgan fingerprint density at radius 3 is 2.37 bits per heavy atom. The molecule has 0 saturated carbocycles. The minimum absolute atomic E-state index is 0.109. The second-order valence-electron chi connectivity index (χ2n) is 5.75. The molecule has 2 amide bonds. The molecule has 0 unspecified atom stereocenters. The molecule has 5 heteroatoms. The van der Waals surface area contributed by atoms with Crippen molar-refractivity contribution < 1.29 is 9.59 Å². The molecule has 1 aliphatic rings. The molecule has 0 spiro atoms. The molecule has 1 aliphatic heterocycles. The van der Waals surface area contributed by atoms with Crippen molar-refractivity contribution in [3.05, 3.63) is 28.2 Å². The van der Waals surface area contributed by atoms with E-state index in [0.717, 1.165) is 10.0 Å². The van der Waals surface area contributed by atoms with Crippen molar-refractivity contribution in [3.63, 3.8) is 0 Å². The third-order valence-electron chi connectivity index (χ3n) is 3.26. The zero-order chi connectivity index (χ0) is 14.2. The lowest BCUT2D eigenvalue weighted by molar-refractivity contribution is -0.153.